The maximum absolute atomic E-state index is 5.81. The average Bonchev–Trinajstić information content (AvgIpc) is 2.76. The first-order valence-electron chi connectivity index (χ1n) is 6.13. The minimum atomic E-state index is 0.664. The van der Waals surface area contributed by atoms with Crippen LogP contribution in [0.4, 0.5) is 0 Å². The first kappa shape index (κ1) is 10.7. The van der Waals surface area contributed by atoms with Crippen LogP contribution in [-0.4, -0.2) is 0 Å². The van der Waals surface area contributed by atoms with Gasteiger partial charge in [-0.2, -0.15) is 0 Å². The molecule has 0 saturated heterocycles. The van der Waals surface area contributed by atoms with Gasteiger partial charge in [0.1, 0.15) is 11.5 Å². The Labute approximate surface area is 101 Å². The van der Waals surface area contributed by atoms with Crippen LogP contribution in [0, 0.1) is 5.92 Å². The minimum absolute atomic E-state index is 0.664. The lowest BCUT2D eigenvalue weighted by Gasteiger charge is -1.99. The van der Waals surface area contributed by atoms with E-state index >= 15 is 0 Å². The quantitative estimate of drug-likeness (QED) is 0.858. The van der Waals surface area contributed by atoms with Gasteiger partial charge in [0.25, 0.3) is 0 Å². The van der Waals surface area contributed by atoms with E-state index in [4.69, 9.17) is 8.83 Å². The van der Waals surface area contributed by atoms with Gasteiger partial charge < -0.3 is 14.2 Å². The molecule has 17 heavy (non-hydrogen) atoms. The van der Waals surface area contributed by atoms with Crippen LogP contribution in [0.15, 0.2) is 39.6 Å². The van der Waals surface area contributed by atoms with E-state index in [1.165, 1.54) is 6.42 Å². The Kier molecular flexibility index (Phi) is 2.77. The van der Waals surface area contributed by atoms with Gasteiger partial charge in [-0.25, -0.2) is 0 Å². The number of furan rings is 2. The van der Waals surface area contributed by atoms with Gasteiger partial charge in [-0.1, -0.05) is 6.92 Å². The van der Waals surface area contributed by atoms with Gasteiger partial charge in [0.15, 0.2) is 0 Å². The van der Waals surface area contributed by atoms with E-state index < -0.39 is 0 Å². The summed E-state index contributed by atoms with van der Waals surface area (Å²) in [4.78, 5) is 0. The molecule has 3 heteroatoms. The van der Waals surface area contributed by atoms with Crippen LogP contribution in [0.1, 0.15) is 36.3 Å². The highest BCUT2D eigenvalue weighted by Gasteiger charge is 2.36. The van der Waals surface area contributed by atoms with Crippen LogP contribution in [0.25, 0.3) is 0 Å². The van der Waals surface area contributed by atoms with Crippen molar-refractivity contribution in [2.45, 2.75) is 32.4 Å². The fraction of sp³-hybridized carbons (Fsp3) is 0.429. The molecule has 3 nitrogen and oxygen atoms in total. The van der Waals surface area contributed by atoms with Crippen molar-refractivity contribution in [2.24, 2.45) is 5.92 Å². The molecule has 0 radical (unpaired) electrons. The molecule has 2 aromatic heterocycles. The molecule has 1 saturated carbocycles. The lowest BCUT2D eigenvalue weighted by atomic mass is 10.3. The van der Waals surface area contributed by atoms with Crippen molar-refractivity contribution in [3.8, 4) is 0 Å². The predicted octanol–water partition coefficient (Wildman–Crippen LogP) is 3.29. The number of hydrogen-bond acceptors (Lipinski definition) is 3. The second kappa shape index (κ2) is 4.41. The summed E-state index contributed by atoms with van der Waals surface area (Å²) in [7, 11) is 0. The van der Waals surface area contributed by atoms with E-state index in [2.05, 4.69) is 24.4 Å². The summed E-state index contributed by atoms with van der Waals surface area (Å²) in [5.41, 5.74) is 1.16. The van der Waals surface area contributed by atoms with Crippen molar-refractivity contribution in [1.29, 1.82) is 0 Å². The summed E-state index contributed by atoms with van der Waals surface area (Å²) < 4.78 is 10.8. The van der Waals surface area contributed by atoms with Crippen LogP contribution >= 0.6 is 0 Å². The summed E-state index contributed by atoms with van der Waals surface area (Å²) in [5, 5.41) is 3.33. The monoisotopic (exact) mass is 231 g/mol. The van der Waals surface area contributed by atoms with E-state index in [0.717, 1.165) is 36.1 Å². The molecular weight excluding hydrogens is 214 g/mol. The average molecular weight is 231 g/mol. The third-order valence-electron chi connectivity index (χ3n) is 3.37. The van der Waals surface area contributed by atoms with Gasteiger partial charge in [-0.3, -0.25) is 0 Å². The van der Waals surface area contributed by atoms with Crippen molar-refractivity contribution in [3.05, 3.63) is 47.8 Å². The van der Waals surface area contributed by atoms with E-state index in [0.29, 0.717) is 5.92 Å². The zero-order valence-electron chi connectivity index (χ0n) is 9.98. The van der Waals surface area contributed by atoms with E-state index in [-0.39, 0.29) is 0 Å². The third-order valence-corrected chi connectivity index (χ3v) is 3.37. The lowest BCUT2D eigenvalue weighted by molar-refractivity contribution is 0.443. The fourth-order valence-electron chi connectivity index (χ4n) is 2.13. The Morgan fingerprint density at radius 2 is 2.18 bits per heavy atom. The van der Waals surface area contributed by atoms with E-state index in [9.17, 15) is 0 Å². The molecule has 0 amide bonds. The summed E-state index contributed by atoms with van der Waals surface area (Å²) in [6, 6.07) is 6.15. The maximum atomic E-state index is 5.81. The minimum Gasteiger partial charge on any atom is -0.472 e. The molecule has 2 unspecified atom stereocenters. The van der Waals surface area contributed by atoms with Gasteiger partial charge in [0, 0.05) is 18.0 Å². The van der Waals surface area contributed by atoms with Crippen molar-refractivity contribution in [1.82, 2.24) is 5.32 Å². The Bertz CT molecular complexity index is 472. The molecule has 90 valence electrons. The highest BCUT2D eigenvalue weighted by Crippen LogP contribution is 2.47. The molecular formula is C14H17NO2. The first-order valence-corrected chi connectivity index (χ1v) is 6.13. The second-order valence-electron chi connectivity index (χ2n) is 4.86. The number of hydrogen-bond donors (Lipinski definition) is 1. The van der Waals surface area contributed by atoms with E-state index in [1.807, 2.05) is 6.07 Å². The van der Waals surface area contributed by atoms with Crippen LogP contribution in [0.2, 0.25) is 0 Å². The molecule has 3 rings (SSSR count). The zero-order chi connectivity index (χ0) is 11.7. The van der Waals surface area contributed by atoms with Gasteiger partial charge in [-0.05, 0) is 30.5 Å². The Morgan fingerprint density at radius 3 is 2.88 bits per heavy atom. The highest BCUT2D eigenvalue weighted by molar-refractivity contribution is 5.17. The Balaban J connectivity index is 1.50. The predicted molar refractivity (Wildman–Crippen MR) is 64.5 cm³/mol. The fourth-order valence-corrected chi connectivity index (χ4v) is 2.13. The first-order chi connectivity index (χ1) is 8.33. The second-order valence-corrected chi connectivity index (χ2v) is 4.86. The van der Waals surface area contributed by atoms with Gasteiger partial charge in [0.2, 0.25) is 0 Å². The summed E-state index contributed by atoms with van der Waals surface area (Å²) >= 11 is 0. The van der Waals surface area contributed by atoms with E-state index in [1.54, 1.807) is 12.5 Å². The van der Waals surface area contributed by atoms with Gasteiger partial charge >= 0.3 is 0 Å². The van der Waals surface area contributed by atoms with Crippen molar-refractivity contribution in [2.75, 3.05) is 0 Å². The molecule has 1 N–H and O–H groups in total. The molecule has 0 aliphatic heterocycles. The van der Waals surface area contributed by atoms with Crippen LogP contribution in [0.5, 0.6) is 0 Å². The maximum Gasteiger partial charge on any atom is 0.117 e. The van der Waals surface area contributed by atoms with Crippen LogP contribution in [-0.2, 0) is 13.1 Å². The molecule has 1 aliphatic carbocycles. The molecule has 0 aromatic carbocycles. The van der Waals surface area contributed by atoms with Crippen molar-refractivity contribution >= 4 is 0 Å². The smallest absolute Gasteiger partial charge is 0.117 e. The molecule has 1 fully saturated rings. The zero-order valence-corrected chi connectivity index (χ0v) is 9.98. The topological polar surface area (TPSA) is 38.3 Å². The summed E-state index contributed by atoms with van der Waals surface area (Å²) in [5.74, 6) is 3.63. The summed E-state index contributed by atoms with van der Waals surface area (Å²) in [6.07, 6.45) is 4.72. The van der Waals surface area contributed by atoms with Crippen molar-refractivity contribution < 1.29 is 8.83 Å². The normalized spacial score (nSPS) is 22.9. The van der Waals surface area contributed by atoms with Gasteiger partial charge in [0.05, 0.1) is 19.1 Å². The third kappa shape index (κ3) is 2.44. The number of nitrogens with one attached hydrogen (secondary N) is 1. The molecule has 1 aliphatic rings. The Hall–Kier alpha value is -1.48. The number of rotatable bonds is 5. The standard InChI is InChI=1S/C14H17NO2/c1-10-6-13(10)14-3-2-12(17-14)8-15-7-11-4-5-16-9-11/h2-5,9-10,13,15H,6-8H2,1H3. The molecule has 2 atom stereocenters. The van der Waals surface area contributed by atoms with Crippen LogP contribution < -0.4 is 5.32 Å². The van der Waals surface area contributed by atoms with Crippen molar-refractivity contribution in [3.63, 3.8) is 0 Å². The molecule has 0 bridgehead atoms. The molecule has 2 aromatic rings. The molecule has 2 heterocycles. The highest BCUT2D eigenvalue weighted by atomic mass is 16.3. The molecule has 0 spiro atoms. The largest absolute Gasteiger partial charge is 0.472 e. The lowest BCUT2D eigenvalue weighted by Crippen LogP contribution is -2.11. The summed E-state index contributed by atoms with van der Waals surface area (Å²) in [6.45, 7) is 3.85. The SMILES string of the molecule is CC1CC1c1ccc(CNCc2ccoc2)o1. The van der Waals surface area contributed by atoms with Gasteiger partial charge in [-0.15, -0.1) is 0 Å². The Morgan fingerprint density at radius 1 is 1.29 bits per heavy atom. The van der Waals surface area contributed by atoms with Crippen LogP contribution in [0.3, 0.4) is 0 Å².